The van der Waals surface area contributed by atoms with Crippen molar-refractivity contribution in [2.45, 2.75) is 31.9 Å². The van der Waals surface area contributed by atoms with Gasteiger partial charge < -0.3 is 20.1 Å². The lowest BCUT2D eigenvalue weighted by Crippen LogP contribution is -2.26. The highest BCUT2D eigenvalue weighted by atomic mass is 19.4. The maximum atomic E-state index is 12.3. The molecule has 0 radical (unpaired) electrons. The maximum Gasteiger partial charge on any atom is 0.422 e. The van der Waals surface area contributed by atoms with Crippen molar-refractivity contribution in [1.82, 2.24) is 10.6 Å². The molecule has 26 heavy (non-hydrogen) atoms. The first-order chi connectivity index (χ1) is 12.4. The van der Waals surface area contributed by atoms with Gasteiger partial charge in [0, 0.05) is 13.0 Å². The second-order valence-electron chi connectivity index (χ2n) is 6.39. The number of rotatable bonds is 9. The Kier molecular flexibility index (Phi) is 7.56. The van der Waals surface area contributed by atoms with Crippen LogP contribution in [0.1, 0.15) is 24.8 Å². The standard InChI is InChI=1S/C18H25F3N2O3/c1-25-16-10-13(2-4-15(16)26-12-18(19,20)21)3-5-17(24)23-9-7-14-6-8-22-11-14/h2,4,10,14,22H,3,5-9,11-12H2,1H3,(H,23,24). The number of amides is 1. The minimum atomic E-state index is -4.41. The number of aryl methyl sites for hydroxylation is 1. The molecule has 5 nitrogen and oxygen atoms in total. The van der Waals surface area contributed by atoms with E-state index < -0.39 is 12.8 Å². The molecule has 1 atom stereocenters. The summed E-state index contributed by atoms with van der Waals surface area (Å²) in [4.78, 5) is 11.9. The van der Waals surface area contributed by atoms with E-state index >= 15 is 0 Å². The highest BCUT2D eigenvalue weighted by Crippen LogP contribution is 2.30. The van der Waals surface area contributed by atoms with Crippen LogP contribution in [0, 0.1) is 5.92 Å². The normalized spacial score (nSPS) is 17.2. The molecular formula is C18H25F3N2O3. The van der Waals surface area contributed by atoms with Crippen LogP contribution in [0.25, 0.3) is 0 Å². The van der Waals surface area contributed by atoms with Gasteiger partial charge in [-0.15, -0.1) is 0 Å². The van der Waals surface area contributed by atoms with Crippen LogP contribution in [-0.4, -0.2) is 45.4 Å². The average Bonchev–Trinajstić information content (AvgIpc) is 3.11. The van der Waals surface area contributed by atoms with Crippen LogP contribution in [0.3, 0.4) is 0 Å². The second kappa shape index (κ2) is 9.66. The van der Waals surface area contributed by atoms with Gasteiger partial charge in [-0.3, -0.25) is 4.79 Å². The number of ether oxygens (including phenoxy) is 2. The number of alkyl halides is 3. The Morgan fingerprint density at radius 2 is 2.15 bits per heavy atom. The van der Waals surface area contributed by atoms with E-state index in [-0.39, 0.29) is 17.4 Å². The zero-order valence-electron chi connectivity index (χ0n) is 14.8. The zero-order chi connectivity index (χ0) is 19.0. The molecule has 0 aromatic heterocycles. The summed E-state index contributed by atoms with van der Waals surface area (Å²) in [5.74, 6) is 0.847. The first-order valence-corrected chi connectivity index (χ1v) is 8.71. The van der Waals surface area contributed by atoms with Crippen molar-refractivity contribution in [1.29, 1.82) is 0 Å². The minimum absolute atomic E-state index is 0.0307. The monoisotopic (exact) mass is 374 g/mol. The van der Waals surface area contributed by atoms with E-state index in [0.717, 1.165) is 31.5 Å². The van der Waals surface area contributed by atoms with E-state index in [1.165, 1.54) is 13.2 Å². The molecule has 146 valence electrons. The van der Waals surface area contributed by atoms with E-state index in [9.17, 15) is 18.0 Å². The first kappa shape index (κ1) is 20.4. The predicted octanol–water partition coefficient (Wildman–Crippen LogP) is 2.68. The largest absolute Gasteiger partial charge is 0.493 e. The molecule has 1 aromatic carbocycles. The molecular weight excluding hydrogens is 349 g/mol. The summed E-state index contributed by atoms with van der Waals surface area (Å²) in [7, 11) is 1.37. The number of hydrogen-bond donors (Lipinski definition) is 2. The van der Waals surface area contributed by atoms with Crippen molar-refractivity contribution in [3.63, 3.8) is 0 Å². The van der Waals surface area contributed by atoms with Crippen molar-refractivity contribution in [3.05, 3.63) is 23.8 Å². The van der Waals surface area contributed by atoms with Gasteiger partial charge in [-0.25, -0.2) is 0 Å². The van der Waals surface area contributed by atoms with Crippen LogP contribution in [-0.2, 0) is 11.2 Å². The molecule has 1 heterocycles. The molecule has 1 aliphatic rings. The van der Waals surface area contributed by atoms with Crippen LogP contribution in [0.5, 0.6) is 11.5 Å². The predicted molar refractivity (Wildman–Crippen MR) is 91.5 cm³/mol. The number of carbonyl (C=O) groups is 1. The minimum Gasteiger partial charge on any atom is -0.493 e. The summed E-state index contributed by atoms with van der Waals surface area (Å²) in [6.07, 6.45) is -1.49. The quantitative estimate of drug-likeness (QED) is 0.698. The van der Waals surface area contributed by atoms with Gasteiger partial charge in [0.1, 0.15) is 0 Å². The highest BCUT2D eigenvalue weighted by molar-refractivity contribution is 5.76. The molecule has 8 heteroatoms. The van der Waals surface area contributed by atoms with Crippen molar-refractivity contribution in [2.75, 3.05) is 33.4 Å². The second-order valence-corrected chi connectivity index (χ2v) is 6.39. The van der Waals surface area contributed by atoms with Crippen LogP contribution in [0.15, 0.2) is 18.2 Å². The Morgan fingerprint density at radius 1 is 1.35 bits per heavy atom. The van der Waals surface area contributed by atoms with E-state index in [4.69, 9.17) is 9.47 Å². The number of methoxy groups -OCH3 is 1. The summed E-state index contributed by atoms with van der Waals surface area (Å²) >= 11 is 0. The van der Waals surface area contributed by atoms with Gasteiger partial charge >= 0.3 is 6.18 Å². The molecule has 0 spiro atoms. The lowest BCUT2D eigenvalue weighted by Gasteiger charge is -2.13. The summed E-state index contributed by atoms with van der Waals surface area (Å²) in [5, 5.41) is 6.20. The van der Waals surface area contributed by atoms with Crippen LogP contribution in [0.4, 0.5) is 13.2 Å². The van der Waals surface area contributed by atoms with Crippen LogP contribution >= 0.6 is 0 Å². The Morgan fingerprint density at radius 3 is 2.81 bits per heavy atom. The van der Waals surface area contributed by atoms with Crippen LogP contribution < -0.4 is 20.1 Å². The number of hydrogen-bond acceptors (Lipinski definition) is 4. The van der Waals surface area contributed by atoms with Crippen molar-refractivity contribution < 1.29 is 27.4 Å². The molecule has 1 amide bonds. The first-order valence-electron chi connectivity index (χ1n) is 8.71. The van der Waals surface area contributed by atoms with E-state index in [1.54, 1.807) is 12.1 Å². The summed E-state index contributed by atoms with van der Waals surface area (Å²) < 4.78 is 46.6. The molecule has 0 aliphatic carbocycles. The van der Waals surface area contributed by atoms with Gasteiger partial charge in [-0.1, -0.05) is 6.07 Å². The van der Waals surface area contributed by atoms with E-state index in [2.05, 4.69) is 10.6 Å². The van der Waals surface area contributed by atoms with E-state index in [0.29, 0.717) is 25.3 Å². The SMILES string of the molecule is COc1cc(CCC(=O)NCCC2CCNC2)ccc1OCC(F)(F)F. The molecule has 1 aromatic rings. The van der Waals surface area contributed by atoms with Crippen LogP contribution in [0.2, 0.25) is 0 Å². The zero-order valence-corrected chi connectivity index (χ0v) is 14.8. The van der Waals surface area contributed by atoms with Gasteiger partial charge in [0.2, 0.25) is 5.91 Å². The molecule has 0 saturated carbocycles. The summed E-state index contributed by atoms with van der Waals surface area (Å²) in [6, 6.07) is 4.68. The van der Waals surface area contributed by atoms with E-state index in [1.807, 2.05) is 0 Å². The van der Waals surface area contributed by atoms with Crippen molar-refractivity contribution in [3.8, 4) is 11.5 Å². The Hall–Kier alpha value is -1.96. The lowest BCUT2D eigenvalue weighted by atomic mass is 10.1. The topological polar surface area (TPSA) is 59.6 Å². The molecule has 1 saturated heterocycles. The van der Waals surface area contributed by atoms with Crippen molar-refractivity contribution >= 4 is 5.91 Å². The van der Waals surface area contributed by atoms with Gasteiger partial charge in [0.25, 0.3) is 0 Å². The van der Waals surface area contributed by atoms with Gasteiger partial charge in [-0.2, -0.15) is 13.2 Å². The summed E-state index contributed by atoms with van der Waals surface area (Å²) in [6.45, 7) is 1.35. The lowest BCUT2D eigenvalue weighted by molar-refractivity contribution is -0.153. The fraction of sp³-hybridized carbons (Fsp3) is 0.611. The average molecular weight is 374 g/mol. The molecule has 1 unspecified atom stereocenters. The third-order valence-electron chi connectivity index (χ3n) is 4.30. The molecule has 2 N–H and O–H groups in total. The maximum absolute atomic E-state index is 12.3. The third kappa shape index (κ3) is 7.11. The third-order valence-corrected chi connectivity index (χ3v) is 4.30. The molecule has 1 fully saturated rings. The molecule has 2 rings (SSSR count). The molecule has 0 bridgehead atoms. The fourth-order valence-corrected chi connectivity index (χ4v) is 2.87. The number of benzene rings is 1. The Labute approximate surface area is 151 Å². The number of nitrogens with one attached hydrogen (secondary N) is 2. The van der Waals surface area contributed by atoms with Gasteiger partial charge in [0.15, 0.2) is 18.1 Å². The number of carbonyl (C=O) groups excluding carboxylic acids is 1. The smallest absolute Gasteiger partial charge is 0.422 e. The van der Waals surface area contributed by atoms with Gasteiger partial charge in [-0.05, 0) is 56.0 Å². The summed E-state index contributed by atoms with van der Waals surface area (Å²) in [5.41, 5.74) is 0.802. The fourth-order valence-electron chi connectivity index (χ4n) is 2.87. The number of halogens is 3. The Bertz CT molecular complexity index is 588. The van der Waals surface area contributed by atoms with Crippen molar-refractivity contribution in [2.24, 2.45) is 5.92 Å². The Balaban J connectivity index is 1.76. The molecule has 1 aliphatic heterocycles. The van der Waals surface area contributed by atoms with Gasteiger partial charge in [0.05, 0.1) is 7.11 Å². The highest BCUT2D eigenvalue weighted by Gasteiger charge is 2.29.